The van der Waals surface area contributed by atoms with E-state index in [1.165, 1.54) is 0 Å². The molecule has 0 aliphatic carbocycles. The summed E-state index contributed by atoms with van der Waals surface area (Å²) < 4.78 is 20.1. The number of ketones is 1. The lowest BCUT2D eigenvalue weighted by Crippen LogP contribution is -2.49. The Labute approximate surface area is 175 Å². The van der Waals surface area contributed by atoms with Crippen molar-refractivity contribution < 1.29 is 42.9 Å². The third kappa shape index (κ3) is 9.31. The summed E-state index contributed by atoms with van der Waals surface area (Å²) in [5, 5.41) is 0. The highest BCUT2D eigenvalue weighted by atomic mass is 16.6. The maximum absolute atomic E-state index is 12.2. The number of Topliss-reactive ketones (excluding diaryl/α,β-unsaturated/α-hetero) is 1. The van der Waals surface area contributed by atoms with Gasteiger partial charge in [0.2, 0.25) is 5.60 Å². The smallest absolute Gasteiger partial charge is 0.331 e. The average Bonchev–Trinajstić information content (AvgIpc) is 2.73. The van der Waals surface area contributed by atoms with Crippen LogP contribution in [-0.4, -0.2) is 55.1 Å². The van der Waals surface area contributed by atoms with Gasteiger partial charge in [-0.1, -0.05) is 40.5 Å². The summed E-state index contributed by atoms with van der Waals surface area (Å²) in [4.78, 5) is 59.1. The van der Waals surface area contributed by atoms with E-state index in [0.29, 0.717) is 6.42 Å². The van der Waals surface area contributed by atoms with Crippen LogP contribution in [0.3, 0.4) is 0 Å². The van der Waals surface area contributed by atoms with E-state index in [-0.39, 0.29) is 5.78 Å². The SMILES string of the molecule is C=CC(=O)OCC(COC(=O)C=C)(COC(=O)CC(=O)C(C)(C)CC)OC(=O)C=C. The average molecular weight is 424 g/mol. The van der Waals surface area contributed by atoms with E-state index in [0.717, 1.165) is 18.2 Å². The molecular formula is C21H28O9. The van der Waals surface area contributed by atoms with Crippen molar-refractivity contribution in [2.75, 3.05) is 19.8 Å². The zero-order chi connectivity index (χ0) is 23.4. The molecule has 0 amide bonds. The van der Waals surface area contributed by atoms with Crippen LogP contribution >= 0.6 is 0 Å². The van der Waals surface area contributed by atoms with Gasteiger partial charge in [-0.2, -0.15) is 0 Å². The Hall–Kier alpha value is -3.23. The Morgan fingerprint density at radius 2 is 1.20 bits per heavy atom. The van der Waals surface area contributed by atoms with Gasteiger partial charge in [0.1, 0.15) is 32.0 Å². The van der Waals surface area contributed by atoms with Gasteiger partial charge in [-0.3, -0.25) is 9.59 Å². The number of rotatable bonds is 14. The highest BCUT2D eigenvalue weighted by Crippen LogP contribution is 2.23. The molecule has 0 aromatic heterocycles. The Balaban J connectivity index is 5.51. The number of ether oxygens (including phenoxy) is 4. The second kappa shape index (κ2) is 12.4. The van der Waals surface area contributed by atoms with Gasteiger partial charge >= 0.3 is 23.9 Å². The molecule has 0 aromatic carbocycles. The lowest BCUT2D eigenvalue weighted by Gasteiger charge is -2.31. The number of carbonyl (C=O) groups excluding carboxylic acids is 5. The Kier molecular flexibility index (Phi) is 11.0. The number of hydrogen-bond acceptors (Lipinski definition) is 9. The second-order valence-electron chi connectivity index (χ2n) is 6.93. The second-order valence-corrected chi connectivity index (χ2v) is 6.93. The summed E-state index contributed by atoms with van der Waals surface area (Å²) in [6, 6.07) is 0. The zero-order valence-electron chi connectivity index (χ0n) is 17.6. The Morgan fingerprint density at radius 3 is 1.60 bits per heavy atom. The fourth-order valence-electron chi connectivity index (χ4n) is 1.82. The molecule has 0 spiro atoms. The molecule has 9 heteroatoms. The molecule has 0 N–H and O–H groups in total. The van der Waals surface area contributed by atoms with Gasteiger partial charge in [0, 0.05) is 23.6 Å². The van der Waals surface area contributed by atoms with Crippen molar-refractivity contribution >= 4 is 29.7 Å². The van der Waals surface area contributed by atoms with Gasteiger partial charge in [-0.05, 0) is 6.42 Å². The third-order valence-electron chi connectivity index (χ3n) is 4.21. The predicted octanol–water partition coefficient (Wildman–Crippen LogP) is 1.85. The maximum atomic E-state index is 12.2. The van der Waals surface area contributed by atoms with E-state index >= 15 is 0 Å². The lowest BCUT2D eigenvalue weighted by atomic mass is 9.84. The number of hydrogen-bond donors (Lipinski definition) is 0. The molecule has 0 aromatic rings. The zero-order valence-corrected chi connectivity index (χ0v) is 17.6. The molecule has 0 saturated carbocycles. The first kappa shape index (κ1) is 26.8. The van der Waals surface area contributed by atoms with Crippen molar-refractivity contribution in [1.82, 2.24) is 0 Å². The molecule has 0 rings (SSSR count). The van der Waals surface area contributed by atoms with Crippen LogP contribution in [-0.2, 0) is 42.9 Å². The van der Waals surface area contributed by atoms with E-state index < -0.39 is 61.1 Å². The molecular weight excluding hydrogens is 396 g/mol. The minimum Gasteiger partial charge on any atom is -0.461 e. The van der Waals surface area contributed by atoms with E-state index in [1.807, 2.05) is 6.92 Å². The fraction of sp³-hybridized carbons (Fsp3) is 0.476. The van der Waals surface area contributed by atoms with Crippen LogP contribution in [0.15, 0.2) is 38.0 Å². The van der Waals surface area contributed by atoms with Crippen LogP contribution in [0.1, 0.15) is 33.6 Å². The quantitative estimate of drug-likeness (QED) is 0.178. The topological polar surface area (TPSA) is 122 Å². The summed E-state index contributed by atoms with van der Waals surface area (Å²) in [5.41, 5.74) is -2.59. The van der Waals surface area contributed by atoms with Crippen molar-refractivity contribution in [3.05, 3.63) is 38.0 Å². The van der Waals surface area contributed by atoms with Crippen molar-refractivity contribution in [2.24, 2.45) is 5.41 Å². The molecule has 0 heterocycles. The van der Waals surface area contributed by atoms with Gasteiger partial charge in [0.25, 0.3) is 0 Å². The van der Waals surface area contributed by atoms with Gasteiger partial charge in [0.05, 0.1) is 0 Å². The van der Waals surface area contributed by atoms with Crippen molar-refractivity contribution in [2.45, 2.75) is 39.2 Å². The number of esters is 4. The van der Waals surface area contributed by atoms with Crippen molar-refractivity contribution in [3.8, 4) is 0 Å². The van der Waals surface area contributed by atoms with E-state index in [9.17, 15) is 24.0 Å². The molecule has 0 saturated heterocycles. The molecule has 30 heavy (non-hydrogen) atoms. The molecule has 0 unspecified atom stereocenters. The van der Waals surface area contributed by atoms with Gasteiger partial charge in [-0.25, -0.2) is 14.4 Å². The van der Waals surface area contributed by atoms with Gasteiger partial charge in [-0.15, -0.1) is 0 Å². The van der Waals surface area contributed by atoms with Crippen LogP contribution in [0.25, 0.3) is 0 Å². The minimum atomic E-state index is -1.87. The van der Waals surface area contributed by atoms with Crippen molar-refractivity contribution in [1.29, 1.82) is 0 Å². The molecule has 0 aliphatic rings. The summed E-state index contributed by atoms with van der Waals surface area (Å²) in [5.74, 6) is -3.87. The first-order valence-corrected chi connectivity index (χ1v) is 9.08. The van der Waals surface area contributed by atoms with E-state index in [2.05, 4.69) is 19.7 Å². The largest absolute Gasteiger partial charge is 0.461 e. The molecule has 0 bridgehead atoms. The summed E-state index contributed by atoms with van der Waals surface area (Å²) in [6.07, 6.45) is 2.58. The van der Waals surface area contributed by atoms with Crippen LogP contribution in [0, 0.1) is 5.41 Å². The lowest BCUT2D eigenvalue weighted by molar-refractivity contribution is -0.190. The Morgan fingerprint density at radius 1 is 0.767 bits per heavy atom. The van der Waals surface area contributed by atoms with Crippen LogP contribution in [0.5, 0.6) is 0 Å². The molecule has 0 fully saturated rings. The molecule has 0 radical (unpaired) electrons. The fourth-order valence-corrected chi connectivity index (χ4v) is 1.82. The highest BCUT2D eigenvalue weighted by molar-refractivity contribution is 5.98. The Bertz CT molecular complexity index is 679. The normalized spacial score (nSPS) is 10.9. The summed E-state index contributed by atoms with van der Waals surface area (Å²) >= 11 is 0. The minimum absolute atomic E-state index is 0.333. The van der Waals surface area contributed by atoms with Crippen LogP contribution < -0.4 is 0 Å². The standard InChI is InChI=1S/C21H28O9/c1-7-16(23)27-12-21(30-18(25)9-3,13-28-17(24)8-2)14-29-19(26)11-15(22)20(5,6)10-4/h7-9H,1-3,10-14H2,4-6H3. The molecule has 166 valence electrons. The first-order valence-electron chi connectivity index (χ1n) is 9.08. The third-order valence-corrected chi connectivity index (χ3v) is 4.21. The molecule has 9 nitrogen and oxygen atoms in total. The van der Waals surface area contributed by atoms with Gasteiger partial charge in [0.15, 0.2) is 0 Å². The van der Waals surface area contributed by atoms with Gasteiger partial charge < -0.3 is 18.9 Å². The first-order chi connectivity index (χ1) is 13.9. The van der Waals surface area contributed by atoms with Crippen molar-refractivity contribution in [3.63, 3.8) is 0 Å². The van der Waals surface area contributed by atoms with Crippen LogP contribution in [0.4, 0.5) is 0 Å². The number of carbonyl (C=O) groups is 5. The van der Waals surface area contributed by atoms with Crippen LogP contribution in [0.2, 0.25) is 0 Å². The van der Waals surface area contributed by atoms with E-state index in [1.54, 1.807) is 13.8 Å². The monoisotopic (exact) mass is 424 g/mol. The highest BCUT2D eigenvalue weighted by Gasteiger charge is 2.40. The predicted molar refractivity (Wildman–Crippen MR) is 106 cm³/mol. The maximum Gasteiger partial charge on any atom is 0.331 e. The molecule has 0 aliphatic heterocycles. The molecule has 0 atom stereocenters. The van der Waals surface area contributed by atoms with E-state index in [4.69, 9.17) is 18.9 Å². The summed E-state index contributed by atoms with van der Waals surface area (Å²) in [7, 11) is 0. The summed E-state index contributed by atoms with van der Waals surface area (Å²) in [6.45, 7) is 13.1.